The molecule has 0 aromatic heterocycles. The molecule has 6 nitrogen and oxygen atoms in total. The first kappa shape index (κ1) is 14.2. The number of anilines is 1. The van der Waals surface area contributed by atoms with Crippen LogP contribution in [0.4, 0.5) is 11.4 Å². The highest BCUT2D eigenvalue weighted by molar-refractivity contribution is 9.10. The van der Waals surface area contributed by atoms with Gasteiger partial charge in [0.1, 0.15) is 5.69 Å². The number of halogens is 1. The van der Waals surface area contributed by atoms with Crippen molar-refractivity contribution < 1.29 is 14.4 Å². The summed E-state index contributed by atoms with van der Waals surface area (Å²) in [6, 6.07) is 5.24. The Hall–Kier alpha value is -1.18. The Morgan fingerprint density at radius 3 is 3.11 bits per heavy atom. The molecule has 0 bridgehead atoms. The molecule has 0 spiro atoms. The number of nitrogens with zero attached hydrogens (tertiary/aromatic N) is 2. The number of nitro groups is 1. The third kappa shape index (κ3) is 3.23. The van der Waals surface area contributed by atoms with Crippen molar-refractivity contribution in [2.45, 2.75) is 6.10 Å². The topological polar surface area (TPSA) is 64.8 Å². The lowest BCUT2D eigenvalue weighted by atomic mass is 10.2. The van der Waals surface area contributed by atoms with Gasteiger partial charge in [-0.15, -0.1) is 0 Å². The summed E-state index contributed by atoms with van der Waals surface area (Å²) in [4.78, 5) is 12.8. The molecule has 1 aromatic carbocycles. The van der Waals surface area contributed by atoms with Crippen LogP contribution in [0.15, 0.2) is 22.7 Å². The number of morpholine rings is 1. The molecule has 104 valence electrons. The van der Waals surface area contributed by atoms with E-state index in [4.69, 9.17) is 9.47 Å². The molecule has 1 atom stereocenters. The minimum atomic E-state index is -0.361. The molecule has 0 unspecified atom stereocenters. The maximum absolute atomic E-state index is 11.2. The standard InChI is InChI=1S/C12H15BrN2O4/c1-18-8-9-7-14(5-6-19-9)11-4-2-3-10(13)12(11)15(16)17/h2-4,9H,5-8H2,1H3/t9-/m1/s1. The van der Waals surface area contributed by atoms with Gasteiger partial charge in [-0.05, 0) is 28.1 Å². The van der Waals surface area contributed by atoms with Gasteiger partial charge < -0.3 is 14.4 Å². The minimum Gasteiger partial charge on any atom is -0.382 e. The van der Waals surface area contributed by atoms with Crippen molar-refractivity contribution in [2.24, 2.45) is 0 Å². The van der Waals surface area contributed by atoms with E-state index in [9.17, 15) is 10.1 Å². The van der Waals surface area contributed by atoms with Gasteiger partial charge >= 0.3 is 5.69 Å². The van der Waals surface area contributed by atoms with Crippen LogP contribution in [0.25, 0.3) is 0 Å². The molecule has 2 rings (SSSR count). The third-order valence-electron chi connectivity index (χ3n) is 2.98. The Morgan fingerprint density at radius 2 is 2.42 bits per heavy atom. The summed E-state index contributed by atoms with van der Waals surface area (Å²) in [7, 11) is 1.61. The number of hydrogen-bond acceptors (Lipinski definition) is 5. The Bertz CT molecular complexity index is 467. The van der Waals surface area contributed by atoms with Crippen molar-refractivity contribution in [3.05, 3.63) is 32.8 Å². The second kappa shape index (κ2) is 6.31. The smallest absolute Gasteiger partial charge is 0.306 e. The highest BCUT2D eigenvalue weighted by atomic mass is 79.9. The number of benzene rings is 1. The average Bonchev–Trinajstić information content (AvgIpc) is 2.38. The quantitative estimate of drug-likeness (QED) is 0.625. The summed E-state index contributed by atoms with van der Waals surface area (Å²) in [5, 5.41) is 11.2. The van der Waals surface area contributed by atoms with Gasteiger partial charge in [-0.3, -0.25) is 10.1 Å². The molecule has 0 aliphatic carbocycles. The van der Waals surface area contributed by atoms with Crippen LogP contribution in [0.3, 0.4) is 0 Å². The Balaban J connectivity index is 2.26. The van der Waals surface area contributed by atoms with Crippen molar-refractivity contribution in [1.29, 1.82) is 0 Å². The van der Waals surface area contributed by atoms with E-state index in [-0.39, 0.29) is 16.7 Å². The minimum absolute atomic E-state index is 0.0580. The van der Waals surface area contributed by atoms with E-state index < -0.39 is 0 Å². The maximum atomic E-state index is 11.2. The Labute approximate surface area is 119 Å². The fourth-order valence-electron chi connectivity index (χ4n) is 2.16. The lowest BCUT2D eigenvalue weighted by Gasteiger charge is -2.33. The summed E-state index contributed by atoms with van der Waals surface area (Å²) in [5.41, 5.74) is 0.712. The van der Waals surface area contributed by atoms with Gasteiger partial charge in [-0.25, -0.2) is 0 Å². The molecule has 0 radical (unpaired) electrons. The van der Waals surface area contributed by atoms with E-state index in [1.807, 2.05) is 4.90 Å². The SMILES string of the molecule is COC[C@H]1CN(c2cccc(Br)c2[N+](=O)[O-])CCO1. The fraction of sp³-hybridized carbons (Fsp3) is 0.500. The van der Waals surface area contributed by atoms with Gasteiger partial charge in [0, 0.05) is 20.2 Å². The average molecular weight is 331 g/mol. The van der Waals surface area contributed by atoms with Gasteiger partial charge in [-0.2, -0.15) is 0 Å². The van der Waals surface area contributed by atoms with Crippen LogP contribution in [0.1, 0.15) is 0 Å². The summed E-state index contributed by atoms with van der Waals surface area (Å²) in [5.74, 6) is 0. The Morgan fingerprint density at radius 1 is 1.63 bits per heavy atom. The van der Waals surface area contributed by atoms with Gasteiger partial charge in [0.25, 0.3) is 0 Å². The second-order valence-corrected chi connectivity index (χ2v) is 5.11. The second-order valence-electron chi connectivity index (χ2n) is 4.26. The van der Waals surface area contributed by atoms with Crippen LogP contribution in [0, 0.1) is 10.1 Å². The molecule has 1 fully saturated rings. The van der Waals surface area contributed by atoms with Crippen molar-refractivity contribution in [3.63, 3.8) is 0 Å². The first-order valence-electron chi connectivity index (χ1n) is 5.92. The summed E-state index contributed by atoms with van der Waals surface area (Å²) >= 11 is 3.24. The fourth-order valence-corrected chi connectivity index (χ4v) is 2.67. The number of para-hydroxylation sites is 1. The predicted octanol–water partition coefficient (Wildman–Crippen LogP) is 2.21. The third-order valence-corrected chi connectivity index (χ3v) is 3.62. The molecule has 1 heterocycles. The zero-order valence-electron chi connectivity index (χ0n) is 10.5. The zero-order valence-corrected chi connectivity index (χ0v) is 12.1. The maximum Gasteiger partial charge on any atom is 0.306 e. The molecule has 0 N–H and O–H groups in total. The van der Waals surface area contributed by atoms with Gasteiger partial charge in [0.2, 0.25) is 0 Å². The largest absolute Gasteiger partial charge is 0.382 e. The molecule has 1 aliphatic rings. The monoisotopic (exact) mass is 330 g/mol. The number of hydrogen-bond donors (Lipinski definition) is 0. The summed E-state index contributed by atoms with van der Waals surface area (Å²) in [6.07, 6.45) is -0.0580. The summed E-state index contributed by atoms with van der Waals surface area (Å²) in [6.45, 7) is 2.25. The lowest BCUT2D eigenvalue weighted by molar-refractivity contribution is -0.385. The van der Waals surface area contributed by atoms with E-state index in [1.54, 1.807) is 25.3 Å². The number of nitro benzene ring substituents is 1. The van der Waals surface area contributed by atoms with Gasteiger partial charge in [-0.1, -0.05) is 6.07 Å². The van der Waals surface area contributed by atoms with Crippen molar-refractivity contribution in [3.8, 4) is 0 Å². The van der Waals surface area contributed by atoms with E-state index in [2.05, 4.69) is 15.9 Å². The van der Waals surface area contributed by atoms with E-state index >= 15 is 0 Å². The van der Waals surface area contributed by atoms with E-state index in [1.165, 1.54) is 0 Å². The molecule has 19 heavy (non-hydrogen) atoms. The first-order chi connectivity index (χ1) is 9.13. The lowest BCUT2D eigenvalue weighted by Crippen LogP contribution is -2.44. The molecule has 1 aromatic rings. The highest BCUT2D eigenvalue weighted by Crippen LogP contribution is 2.35. The van der Waals surface area contributed by atoms with Crippen LogP contribution < -0.4 is 4.90 Å². The van der Waals surface area contributed by atoms with Crippen LogP contribution in [-0.4, -0.2) is 44.4 Å². The van der Waals surface area contributed by atoms with E-state index in [0.29, 0.717) is 36.5 Å². The molecule has 7 heteroatoms. The van der Waals surface area contributed by atoms with E-state index in [0.717, 1.165) is 0 Å². The molecular weight excluding hydrogens is 316 g/mol. The predicted molar refractivity (Wildman–Crippen MR) is 74.6 cm³/mol. The van der Waals surface area contributed by atoms with Crippen LogP contribution in [-0.2, 0) is 9.47 Å². The Kier molecular flexibility index (Phi) is 4.73. The van der Waals surface area contributed by atoms with Gasteiger partial charge in [0.05, 0.1) is 28.7 Å². The summed E-state index contributed by atoms with van der Waals surface area (Å²) < 4.78 is 11.1. The molecular formula is C12H15BrN2O4. The zero-order chi connectivity index (χ0) is 13.8. The molecule has 0 amide bonds. The molecule has 1 aliphatic heterocycles. The van der Waals surface area contributed by atoms with Crippen LogP contribution in [0.2, 0.25) is 0 Å². The first-order valence-corrected chi connectivity index (χ1v) is 6.71. The van der Waals surface area contributed by atoms with Gasteiger partial charge in [0.15, 0.2) is 0 Å². The molecule has 1 saturated heterocycles. The van der Waals surface area contributed by atoms with Crippen molar-refractivity contribution in [1.82, 2.24) is 0 Å². The van der Waals surface area contributed by atoms with Crippen LogP contribution in [0.5, 0.6) is 0 Å². The van der Waals surface area contributed by atoms with Crippen molar-refractivity contribution >= 4 is 27.3 Å². The number of methoxy groups -OCH3 is 1. The molecule has 0 saturated carbocycles. The highest BCUT2D eigenvalue weighted by Gasteiger charge is 2.27. The number of ether oxygens (including phenoxy) is 2. The van der Waals surface area contributed by atoms with Crippen molar-refractivity contribution in [2.75, 3.05) is 38.3 Å². The normalized spacial score (nSPS) is 19.5. The number of rotatable bonds is 4. The van der Waals surface area contributed by atoms with Crippen LogP contribution >= 0.6 is 15.9 Å².